The van der Waals surface area contributed by atoms with Crippen LogP contribution in [0.4, 0.5) is 8.78 Å². The number of likely N-dealkylation sites (N-methyl/N-ethyl adjacent to an activating group) is 1. The first kappa shape index (κ1) is 15.2. The van der Waals surface area contributed by atoms with E-state index in [4.69, 9.17) is 0 Å². The molecule has 2 rings (SSSR count). The number of hydrogen-bond donors (Lipinski definition) is 1. The topological polar surface area (TPSA) is 24.5 Å². The van der Waals surface area contributed by atoms with Crippen molar-refractivity contribution in [3.05, 3.63) is 29.8 Å². The minimum absolute atomic E-state index is 0.0705. The average Bonchev–Trinajstić information content (AvgIpc) is 2.46. The summed E-state index contributed by atoms with van der Waals surface area (Å²) in [5, 5.41) is 3.29. The van der Waals surface area contributed by atoms with Crippen LogP contribution >= 0.6 is 0 Å². The molecular formula is C15H22F2N2O. The molecule has 0 aromatic heterocycles. The van der Waals surface area contributed by atoms with Crippen molar-refractivity contribution in [2.24, 2.45) is 0 Å². The molecule has 2 atom stereocenters. The Bertz CT molecular complexity index is 428. The molecule has 1 heterocycles. The highest BCUT2D eigenvalue weighted by molar-refractivity contribution is 5.35. The summed E-state index contributed by atoms with van der Waals surface area (Å²) in [5.41, 5.74) is 0.824. The lowest BCUT2D eigenvalue weighted by molar-refractivity contribution is -0.0512. The normalized spacial score (nSPS) is 21.9. The number of benzene rings is 1. The Morgan fingerprint density at radius 3 is 2.80 bits per heavy atom. The lowest BCUT2D eigenvalue weighted by atomic mass is 10.00. The van der Waals surface area contributed by atoms with Gasteiger partial charge in [-0.3, -0.25) is 4.90 Å². The molecule has 112 valence electrons. The summed E-state index contributed by atoms with van der Waals surface area (Å²) in [6.07, 6.45) is 2.28. The Balaban J connectivity index is 2.13. The van der Waals surface area contributed by atoms with Crippen LogP contribution in [0.25, 0.3) is 0 Å². The lowest BCUT2D eigenvalue weighted by Gasteiger charge is -2.37. The van der Waals surface area contributed by atoms with Crippen molar-refractivity contribution in [2.75, 3.05) is 20.1 Å². The van der Waals surface area contributed by atoms with Gasteiger partial charge in [-0.1, -0.05) is 18.2 Å². The second kappa shape index (κ2) is 6.99. The van der Waals surface area contributed by atoms with Crippen molar-refractivity contribution in [2.45, 2.75) is 38.5 Å². The van der Waals surface area contributed by atoms with E-state index in [0.717, 1.165) is 31.5 Å². The van der Waals surface area contributed by atoms with E-state index in [0.29, 0.717) is 6.04 Å². The van der Waals surface area contributed by atoms with Crippen molar-refractivity contribution in [3.8, 4) is 5.75 Å². The SMILES string of the molecule is CNC1CCCN(C(C)c2ccccc2OC(F)F)C1. The molecular weight excluding hydrogens is 262 g/mol. The molecule has 2 unspecified atom stereocenters. The summed E-state index contributed by atoms with van der Waals surface area (Å²) in [5.74, 6) is 0.279. The van der Waals surface area contributed by atoms with Crippen molar-refractivity contribution < 1.29 is 13.5 Å². The van der Waals surface area contributed by atoms with Crippen molar-refractivity contribution in [1.82, 2.24) is 10.2 Å². The first-order chi connectivity index (χ1) is 9.61. The maximum atomic E-state index is 12.5. The van der Waals surface area contributed by atoms with Gasteiger partial charge < -0.3 is 10.1 Å². The van der Waals surface area contributed by atoms with E-state index in [9.17, 15) is 8.78 Å². The Kier molecular flexibility index (Phi) is 5.31. The summed E-state index contributed by atoms with van der Waals surface area (Å²) >= 11 is 0. The van der Waals surface area contributed by atoms with Gasteiger partial charge in [-0.05, 0) is 39.4 Å². The van der Waals surface area contributed by atoms with Gasteiger partial charge >= 0.3 is 6.61 Å². The Labute approximate surface area is 118 Å². The van der Waals surface area contributed by atoms with E-state index in [1.54, 1.807) is 12.1 Å². The molecule has 0 aliphatic carbocycles. The Morgan fingerprint density at radius 1 is 1.35 bits per heavy atom. The minimum atomic E-state index is -2.78. The number of halogens is 2. The lowest BCUT2D eigenvalue weighted by Crippen LogP contribution is -2.45. The number of likely N-dealkylation sites (tertiary alicyclic amines) is 1. The third-order valence-electron chi connectivity index (χ3n) is 3.99. The van der Waals surface area contributed by atoms with Crippen LogP contribution < -0.4 is 10.1 Å². The summed E-state index contributed by atoms with van der Waals surface area (Å²) in [4.78, 5) is 2.32. The summed E-state index contributed by atoms with van der Waals surface area (Å²) < 4.78 is 29.6. The average molecular weight is 284 g/mol. The third kappa shape index (κ3) is 3.67. The molecule has 1 aromatic rings. The zero-order valence-electron chi connectivity index (χ0n) is 12.0. The van der Waals surface area contributed by atoms with Crippen LogP contribution in [-0.4, -0.2) is 37.7 Å². The smallest absolute Gasteiger partial charge is 0.387 e. The van der Waals surface area contributed by atoms with E-state index < -0.39 is 6.61 Å². The van der Waals surface area contributed by atoms with E-state index in [1.165, 1.54) is 0 Å². The minimum Gasteiger partial charge on any atom is -0.434 e. The van der Waals surface area contributed by atoms with E-state index in [1.807, 2.05) is 26.1 Å². The third-order valence-corrected chi connectivity index (χ3v) is 3.99. The van der Waals surface area contributed by atoms with Crippen LogP contribution in [0.3, 0.4) is 0 Å². The van der Waals surface area contributed by atoms with Gasteiger partial charge in [0.15, 0.2) is 0 Å². The van der Waals surface area contributed by atoms with Crippen LogP contribution in [-0.2, 0) is 0 Å². The number of nitrogens with one attached hydrogen (secondary N) is 1. The van der Waals surface area contributed by atoms with E-state index in [2.05, 4.69) is 15.0 Å². The molecule has 0 saturated carbocycles. The van der Waals surface area contributed by atoms with Gasteiger partial charge in [0.25, 0.3) is 0 Å². The fourth-order valence-corrected chi connectivity index (χ4v) is 2.82. The summed E-state index contributed by atoms with van der Waals surface area (Å²) in [6.45, 7) is 1.18. The van der Waals surface area contributed by atoms with E-state index >= 15 is 0 Å². The fourth-order valence-electron chi connectivity index (χ4n) is 2.82. The fraction of sp³-hybridized carbons (Fsp3) is 0.600. The number of piperidine rings is 1. The van der Waals surface area contributed by atoms with E-state index in [-0.39, 0.29) is 11.8 Å². The number of nitrogens with zero attached hydrogens (tertiary/aromatic N) is 1. The van der Waals surface area contributed by atoms with Gasteiger partial charge in [-0.15, -0.1) is 0 Å². The molecule has 3 nitrogen and oxygen atoms in total. The predicted molar refractivity (Wildman–Crippen MR) is 75.1 cm³/mol. The van der Waals surface area contributed by atoms with Gasteiger partial charge in [-0.2, -0.15) is 8.78 Å². The second-order valence-corrected chi connectivity index (χ2v) is 5.22. The number of ether oxygens (including phenoxy) is 1. The molecule has 0 spiro atoms. The monoisotopic (exact) mass is 284 g/mol. The predicted octanol–water partition coefficient (Wildman–Crippen LogP) is 3.03. The van der Waals surface area contributed by atoms with Gasteiger partial charge in [0.05, 0.1) is 0 Å². The first-order valence-corrected chi connectivity index (χ1v) is 7.07. The molecule has 0 radical (unpaired) electrons. The van der Waals surface area contributed by atoms with Crippen LogP contribution in [0, 0.1) is 0 Å². The maximum absolute atomic E-state index is 12.5. The number of alkyl halides is 2. The van der Waals surface area contributed by atoms with Crippen molar-refractivity contribution in [1.29, 1.82) is 0 Å². The van der Waals surface area contributed by atoms with Crippen LogP contribution in [0.2, 0.25) is 0 Å². The molecule has 20 heavy (non-hydrogen) atoms. The molecule has 1 aliphatic heterocycles. The summed E-state index contributed by atoms with van der Waals surface area (Å²) in [6, 6.07) is 7.60. The maximum Gasteiger partial charge on any atom is 0.387 e. The quantitative estimate of drug-likeness (QED) is 0.899. The largest absolute Gasteiger partial charge is 0.434 e. The molecule has 1 N–H and O–H groups in total. The molecule has 1 aromatic carbocycles. The van der Waals surface area contributed by atoms with Gasteiger partial charge in [0, 0.05) is 24.2 Å². The highest BCUT2D eigenvalue weighted by Gasteiger charge is 2.25. The zero-order chi connectivity index (χ0) is 14.5. The van der Waals surface area contributed by atoms with Gasteiger partial charge in [0.1, 0.15) is 5.75 Å². The zero-order valence-corrected chi connectivity index (χ0v) is 12.0. The molecule has 0 amide bonds. The Morgan fingerprint density at radius 2 is 2.10 bits per heavy atom. The second-order valence-electron chi connectivity index (χ2n) is 5.22. The number of para-hydroxylation sites is 1. The number of rotatable bonds is 5. The van der Waals surface area contributed by atoms with Crippen LogP contribution in [0.1, 0.15) is 31.4 Å². The Hall–Kier alpha value is -1.20. The standard InChI is InChI=1S/C15H22F2N2O/c1-11(19-9-5-6-12(10-19)18-2)13-7-3-4-8-14(13)20-15(16)17/h3-4,7-8,11-12,15,18H,5-6,9-10H2,1-2H3. The van der Waals surface area contributed by atoms with Crippen LogP contribution in [0.15, 0.2) is 24.3 Å². The molecule has 1 aliphatic rings. The molecule has 0 bridgehead atoms. The molecule has 1 fully saturated rings. The number of hydrogen-bond acceptors (Lipinski definition) is 3. The highest BCUT2D eigenvalue weighted by Crippen LogP contribution is 2.31. The molecule has 1 saturated heterocycles. The van der Waals surface area contributed by atoms with Crippen molar-refractivity contribution in [3.63, 3.8) is 0 Å². The van der Waals surface area contributed by atoms with Gasteiger partial charge in [-0.25, -0.2) is 0 Å². The van der Waals surface area contributed by atoms with Crippen LogP contribution in [0.5, 0.6) is 5.75 Å². The summed E-state index contributed by atoms with van der Waals surface area (Å²) in [7, 11) is 1.96. The first-order valence-electron chi connectivity index (χ1n) is 7.07. The van der Waals surface area contributed by atoms with Crippen molar-refractivity contribution >= 4 is 0 Å². The highest BCUT2D eigenvalue weighted by atomic mass is 19.3. The van der Waals surface area contributed by atoms with Gasteiger partial charge in [0.2, 0.25) is 0 Å². The molecule has 5 heteroatoms.